The predicted molar refractivity (Wildman–Crippen MR) is 92.7 cm³/mol. The normalized spacial score (nSPS) is 12.3. The summed E-state index contributed by atoms with van der Waals surface area (Å²) in [5, 5.41) is 0. The van der Waals surface area contributed by atoms with Crippen molar-refractivity contribution >= 4 is 33.6 Å². The largest absolute Gasteiger partial charge is 0.299 e. The first-order valence-corrected chi connectivity index (χ1v) is 7.89. The first-order valence-electron chi connectivity index (χ1n) is 7.10. The molecular formula is C19H17BrO2. The van der Waals surface area contributed by atoms with Crippen LogP contribution >= 0.6 is 15.9 Å². The molecule has 3 heteroatoms. The van der Waals surface area contributed by atoms with Crippen LogP contribution < -0.4 is 0 Å². The SMILES string of the molecule is CC(=O)C(C/C=C/c1ccc(Br)cc1)C(=O)c1ccccc1. The van der Waals surface area contributed by atoms with Gasteiger partial charge in [-0.2, -0.15) is 0 Å². The molecule has 112 valence electrons. The van der Waals surface area contributed by atoms with Crippen LogP contribution in [0.25, 0.3) is 6.08 Å². The molecule has 0 fully saturated rings. The number of rotatable bonds is 6. The average molecular weight is 357 g/mol. The van der Waals surface area contributed by atoms with E-state index in [4.69, 9.17) is 0 Å². The van der Waals surface area contributed by atoms with Crippen LogP contribution in [0.2, 0.25) is 0 Å². The van der Waals surface area contributed by atoms with Crippen LogP contribution in [0.4, 0.5) is 0 Å². The van der Waals surface area contributed by atoms with Crippen LogP contribution in [0, 0.1) is 5.92 Å². The lowest BCUT2D eigenvalue weighted by Crippen LogP contribution is -2.21. The molecule has 0 N–H and O–H groups in total. The molecule has 2 aromatic carbocycles. The lowest BCUT2D eigenvalue weighted by Gasteiger charge is -2.10. The number of carbonyl (C=O) groups excluding carboxylic acids is 2. The molecule has 0 amide bonds. The molecule has 0 spiro atoms. The molecule has 0 heterocycles. The highest BCUT2D eigenvalue weighted by molar-refractivity contribution is 9.10. The second-order valence-electron chi connectivity index (χ2n) is 5.08. The minimum absolute atomic E-state index is 0.102. The van der Waals surface area contributed by atoms with Crippen molar-refractivity contribution in [2.45, 2.75) is 13.3 Å². The standard InChI is InChI=1S/C19H17BrO2/c1-14(21)18(19(22)16-7-3-2-4-8-16)9-5-6-15-10-12-17(20)13-11-15/h2-8,10-13,18H,9H2,1H3/b6-5+. The van der Waals surface area contributed by atoms with Gasteiger partial charge in [0.05, 0.1) is 5.92 Å². The van der Waals surface area contributed by atoms with Crippen molar-refractivity contribution in [3.05, 3.63) is 76.3 Å². The van der Waals surface area contributed by atoms with E-state index in [9.17, 15) is 9.59 Å². The molecule has 0 radical (unpaired) electrons. The third-order valence-electron chi connectivity index (χ3n) is 3.42. The molecule has 1 atom stereocenters. The van der Waals surface area contributed by atoms with Gasteiger partial charge in [-0.3, -0.25) is 9.59 Å². The molecule has 2 aromatic rings. The first-order chi connectivity index (χ1) is 10.6. The lowest BCUT2D eigenvalue weighted by atomic mass is 9.91. The Morgan fingerprint density at radius 3 is 2.27 bits per heavy atom. The maximum atomic E-state index is 12.4. The van der Waals surface area contributed by atoms with E-state index in [0.29, 0.717) is 12.0 Å². The van der Waals surface area contributed by atoms with Crippen LogP contribution in [-0.4, -0.2) is 11.6 Å². The van der Waals surface area contributed by atoms with E-state index in [0.717, 1.165) is 10.0 Å². The van der Waals surface area contributed by atoms with Crippen LogP contribution in [0.3, 0.4) is 0 Å². The van der Waals surface area contributed by atoms with Crippen LogP contribution in [0.5, 0.6) is 0 Å². The number of carbonyl (C=O) groups is 2. The molecule has 0 aliphatic carbocycles. The second kappa shape index (κ2) is 7.85. The van der Waals surface area contributed by atoms with Crippen LogP contribution in [0.15, 0.2) is 65.1 Å². The van der Waals surface area contributed by atoms with Gasteiger partial charge in [-0.25, -0.2) is 0 Å². The summed E-state index contributed by atoms with van der Waals surface area (Å²) >= 11 is 3.39. The van der Waals surface area contributed by atoms with E-state index in [1.54, 1.807) is 12.1 Å². The van der Waals surface area contributed by atoms with Gasteiger partial charge in [-0.1, -0.05) is 70.5 Å². The monoisotopic (exact) mass is 356 g/mol. The zero-order chi connectivity index (χ0) is 15.9. The average Bonchev–Trinajstić information content (AvgIpc) is 2.53. The summed E-state index contributed by atoms with van der Waals surface area (Å²) in [6, 6.07) is 16.8. The number of Topliss-reactive ketones (excluding diaryl/α,β-unsaturated/α-hetero) is 2. The summed E-state index contributed by atoms with van der Waals surface area (Å²) in [6.07, 6.45) is 4.23. The zero-order valence-electron chi connectivity index (χ0n) is 12.3. The van der Waals surface area contributed by atoms with Crippen LogP contribution in [-0.2, 0) is 4.79 Å². The molecule has 0 saturated carbocycles. The van der Waals surface area contributed by atoms with E-state index in [2.05, 4.69) is 15.9 Å². The fourth-order valence-electron chi connectivity index (χ4n) is 2.18. The third kappa shape index (κ3) is 4.50. The molecule has 2 rings (SSSR count). The highest BCUT2D eigenvalue weighted by Crippen LogP contribution is 2.16. The molecular weight excluding hydrogens is 340 g/mol. The zero-order valence-corrected chi connectivity index (χ0v) is 13.9. The Hall–Kier alpha value is -2.00. The third-order valence-corrected chi connectivity index (χ3v) is 3.95. The fraction of sp³-hybridized carbons (Fsp3) is 0.158. The van der Waals surface area contributed by atoms with Gasteiger partial charge in [0.1, 0.15) is 5.78 Å². The number of benzene rings is 2. The van der Waals surface area contributed by atoms with E-state index in [-0.39, 0.29) is 11.6 Å². The van der Waals surface area contributed by atoms with E-state index < -0.39 is 5.92 Å². The minimum atomic E-state index is -0.617. The van der Waals surface area contributed by atoms with Crippen LogP contribution in [0.1, 0.15) is 29.3 Å². The van der Waals surface area contributed by atoms with Crippen molar-refractivity contribution in [1.29, 1.82) is 0 Å². The smallest absolute Gasteiger partial charge is 0.173 e. The van der Waals surface area contributed by atoms with Gasteiger partial charge < -0.3 is 0 Å². The van der Waals surface area contributed by atoms with Gasteiger partial charge >= 0.3 is 0 Å². The maximum absolute atomic E-state index is 12.4. The first kappa shape index (κ1) is 16.4. The Morgan fingerprint density at radius 1 is 1.05 bits per heavy atom. The minimum Gasteiger partial charge on any atom is -0.299 e. The van der Waals surface area contributed by atoms with Gasteiger partial charge in [0.25, 0.3) is 0 Å². The number of halogens is 1. The highest BCUT2D eigenvalue weighted by Gasteiger charge is 2.22. The van der Waals surface area contributed by atoms with E-state index in [1.165, 1.54) is 6.92 Å². The second-order valence-corrected chi connectivity index (χ2v) is 6.00. The van der Waals surface area contributed by atoms with E-state index in [1.807, 2.05) is 54.6 Å². The topological polar surface area (TPSA) is 34.1 Å². The molecule has 2 nitrogen and oxygen atoms in total. The quantitative estimate of drug-likeness (QED) is 0.542. The Morgan fingerprint density at radius 2 is 1.68 bits per heavy atom. The van der Waals surface area contributed by atoms with Crippen molar-refractivity contribution in [2.24, 2.45) is 5.92 Å². The van der Waals surface area contributed by atoms with Crippen molar-refractivity contribution in [3.63, 3.8) is 0 Å². The van der Waals surface area contributed by atoms with Gasteiger partial charge in [0, 0.05) is 10.0 Å². The summed E-state index contributed by atoms with van der Waals surface area (Å²) in [4.78, 5) is 24.2. The molecule has 0 aromatic heterocycles. The number of hydrogen-bond donors (Lipinski definition) is 0. The number of allylic oxidation sites excluding steroid dienone is 1. The molecule has 0 saturated heterocycles. The van der Waals surface area contributed by atoms with Crippen molar-refractivity contribution in [1.82, 2.24) is 0 Å². The Kier molecular flexibility index (Phi) is 5.84. The van der Waals surface area contributed by atoms with Gasteiger partial charge in [-0.05, 0) is 31.0 Å². The molecule has 1 unspecified atom stereocenters. The summed E-state index contributed by atoms with van der Waals surface area (Å²) < 4.78 is 1.02. The summed E-state index contributed by atoms with van der Waals surface area (Å²) in [6.45, 7) is 1.47. The summed E-state index contributed by atoms with van der Waals surface area (Å²) in [7, 11) is 0. The molecule has 0 aliphatic heterocycles. The maximum Gasteiger partial charge on any atom is 0.173 e. The Labute approximate surface area is 139 Å². The lowest BCUT2D eigenvalue weighted by molar-refractivity contribution is -0.119. The van der Waals surface area contributed by atoms with Crippen molar-refractivity contribution < 1.29 is 9.59 Å². The summed E-state index contributed by atoms with van der Waals surface area (Å²) in [5.74, 6) is -0.836. The fourth-order valence-corrected chi connectivity index (χ4v) is 2.44. The number of hydrogen-bond acceptors (Lipinski definition) is 2. The molecule has 0 bridgehead atoms. The summed E-state index contributed by atoms with van der Waals surface area (Å²) in [5.41, 5.74) is 1.62. The van der Waals surface area contributed by atoms with Crippen molar-refractivity contribution in [2.75, 3.05) is 0 Å². The Balaban J connectivity index is 2.08. The predicted octanol–water partition coefficient (Wildman–Crippen LogP) is 4.94. The Bertz CT molecular complexity index is 672. The van der Waals surface area contributed by atoms with Gasteiger partial charge in [-0.15, -0.1) is 0 Å². The van der Waals surface area contributed by atoms with E-state index >= 15 is 0 Å². The highest BCUT2D eigenvalue weighted by atomic mass is 79.9. The van der Waals surface area contributed by atoms with Gasteiger partial charge in [0.2, 0.25) is 0 Å². The molecule has 22 heavy (non-hydrogen) atoms. The molecule has 0 aliphatic rings. The number of ketones is 2. The van der Waals surface area contributed by atoms with Gasteiger partial charge in [0.15, 0.2) is 5.78 Å². The van der Waals surface area contributed by atoms with Crippen molar-refractivity contribution in [3.8, 4) is 0 Å².